The Morgan fingerprint density at radius 1 is 1.04 bits per heavy atom. The van der Waals surface area contributed by atoms with Gasteiger partial charge in [0, 0.05) is 28.6 Å². The summed E-state index contributed by atoms with van der Waals surface area (Å²) in [5, 5.41) is 14.8. The summed E-state index contributed by atoms with van der Waals surface area (Å²) in [6, 6.07) is 14.5. The van der Waals surface area contributed by atoms with Crippen LogP contribution in [0, 0.1) is 0 Å². The predicted molar refractivity (Wildman–Crippen MR) is 106 cm³/mol. The fourth-order valence-corrected chi connectivity index (χ4v) is 4.00. The minimum Gasteiger partial charge on any atom is -0.507 e. The molecule has 0 aliphatic rings. The van der Waals surface area contributed by atoms with E-state index in [-0.39, 0.29) is 0 Å². The average molecular weight is 348 g/mol. The lowest BCUT2D eigenvalue weighted by Gasteiger charge is -2.20. The molecular formula is C21H20N2OS. The molecule has 0 spiro atoms. The summed E-state index contributed by atoms with van der Waals surface area (Å²) >= 11 is 1.67. The number of phenols is 1. The zero-order chi connectivity index (χ0) is 17.6. The number of hydrogen-bond acceptors (Lipinski definition) is 4. The van der Waals surface area contributed by atoms with Gasteiger partial charge in [-0.25, -0.2) is 0 Å². The molecule has 0 bridgehead atoms. The summed E-state index contributed by atoms with van der Waals surface area (Å²) in [7, 11) is 4.15. The van der Waals surface area contributed by atoms with Crippen LogP contribution >= 0.6 is 11.3 Å². The average Bonchev–Trinajstić information content (AvgIpc) is 3.10. The molecule has 0 unspecified atom stereocenters. The number of benzene rings is 2. The molecule has 0 aliphatic carbocycles. The topological polar surface area (TPSA) is 36.4 Å². The number of thiophene rings is 1. The highest BCUT2D eigenvalue weighted by Crippen LogP contribution is 2.40. The van der Waals surface area contributed by atoms with Crippen molar-refractivity contribution in [1.29, 1.82) is 0 Å². The highest BCUT2D eigenvalue weighted by atomic mass is 32.1. The maximum atomic E-state index is 10.6. The molecule has 0 radical (unpaired) electrons. The number of pyridine rings is 1. The van der Waals surface area contributed by atoms with Gasteiger partial charge in [0.1, 0.15) is 5.75 Å². The zero-order valence-electron chi connectivity index (χ0n) is 14.5. The van der Waals surface area contributed by atoms with Crippen molar-refractivity contribution < 1.29 is 5.11 Å². The molecule has 3 nitrogen and oxygen atoms in total. The maximum Gasteiger partial charge on any atom is 0.124 e. The molecule has 0 saturated heterocycles. The molecule has 1 atom stereocenters. The summed E-state index contributed by atoms with van der Waals surface area (Å²) in [6.07, 6.45) is 1.91. The Hall–Kier alpha value is -2.43. The monoisotopic (exact) mass is 348 g/mol. The minimum atomic E-state index is 0.293. The van der Waals surface area contributed by atoms with Crippen molar-refractivity contribution in [2.45, 2.75) is 13.0 Å². The van der Waals surface area contributed by atoms with Crippen molar-refractivity contribution in [3.8, 4) is 16.9 Å². The van der Waals surface area contributed by atoms with Crippen LogP contribution in [0.15, 0.2) is 54.0 Å². The van der Waals surface area contributed by atoms with Gasteiger partial charge in [-0.2, -0.15) is 0 Å². The van der Waals surface area contributed by atoms with Crippen LogP contribution in [0.5, 0.6) is 5.75 Å². The Kier molecular flexibility index (Phi) is 3.94. The van der Waals surface area contributed by atoms with Crippen LogP contribution in [-0.4, -0.2) is 29.1 Å². The van der Waals surface area contributed by atoms with E-state index in [0.29, 0.717) is 11.8 Å². The van der Waals surface area contributed by atoms with Crippen LogP contribution in [0.4, 0.5) is 0 Å². The first-order valence-corrected chi connectivity index (χ1v) is 9.19. The molecule has 0 aliphatic heterocycles. The summed E-state index contributed by atoms with van der Waals surface area (Å²) in [6.45, 7) is 2.18. The molecule has 4 rings (SSSR count). The normalized spacial score (nSPS) is 13.0. The molecular weight excluding hydrogens is 328 g/mol. The van der Waals surface area contributed by atoms with E-state index >= 15 is 0 Å². The molecule has 0 saturated carbocycles. The van der Waals surface area contributed by atoms with Crippen molar-refractivity contribution in [1.82, 2.24) is 9.88 Å². The van der Waals surface area contributed by atoms with Gasteiger partial charge in [-0.3, -0.25) is 4.98 Å². The van der Waals surface area contributed by atoms with Gasteiger partial charge in [-0.15, -0.1) is 11.3 Å². The molecule has 2 heterocycles. The third-order valence-electron chi connectivity index (χ3n) is 4.90. The van der Waals surface area contributed by atoms with E-state index in [1.54, 1.807) is 17.4 Å². The number of aromatic hydroxyl groups is 1. The number of fused-ring (bicyclic) bond motifs is 3. The van der Waals surface area contributed by atoms with Crippen LogP contribution in [-0.2, 0) is 0 Å². The largest absolute Gasteiger partial charge is 0.507 e. The highest BCUT2D eigenvalue weighted by Gasteiger charge is 2.15. The van der Waals surface area contributed by atoms with Gasteiger partial charge in [0.2, 0.25) is 0 Å². The van der Waals surface area contributed by atoms with Gasteiger partial charge in [-0.1, -0.05) is 24.3 Å². The summed E-state index contributed by atoms with van der Waals surface area (Å²) in [5.41, 5.74) is 4.04. The van der Waals surface area contributed by atoms with E-state index in [4.69, 9.17) is 0 Å². The molecule has 4 heteroatoms. The van der Waals surface area contributed by atoms with Crippen LogP contribution in [0.25, 0.3) is 32.1 Å². The summed E-state index contributed by atoms with van der Waals surface area (Å²) in [5.74, 6) is 0.293. The third kappa shape index (κ3) is 2.68. The number of rotatable bonds is 3. The molecule has 126 valence electrons. The second kappa shape index (κ2) is 6.14. The lowest BCUT2D eigenvalue weighted by atomic mass is 9.95. The second-order valence-corrected chi connectivity index (χ2v) is 7.52. The van der Waals surface area contributed by atoms with Crippen molar-refractivity contribution in [3.63, 3.8) is 0 Å². The van der Waals surface area contributed by atoms with Crippen molar-refractivity contribution in [2.24, 2.45) is 0 Å². The Morgan fingerprint density at radius 2 is 1.80 bits per heavy atom. The van der Waals surface area contributed by atoms with E-state index < -0.39 is 0 Å². The number of nitrogens with zero attached hydrogens (tertiary/aromatic N) is 2. The van der Waals surface area contributed by atoms with Gasteiger partial charge < -0.3 is 10.0 Å². The maximum absolute atomic E-state index is 10.6. The molecule has 0 fully saturated rings. The molecule has 0 amide bonds. The number of hydrogen-bond donors (Lipinski definition) is 1. The van der Waals surface area contributed by atoms with E-state index in [0.717, 1.165) is 32.1 Å². The lowest BCUT2D eigenvalue weighted by molar-refractivity contribution is 0.321. The molecule has 2 aromatic carbocycles. The molecule has 4 aromatic rings. The predicted octanol–water partition coefficient (Wildman–Crippen LogP) is 5.44. The molecule has 25 heavy (non-hydrogen) atoms. The smallest absolute Gasteiger partial charge is 0.124 e. The van der Waals surface area contributed by atoms with E-state index in [9.17, 15) is 5.11 Å². The van der Waals surface area contributed by atoms with Crippen LogP contribution in [0.2, 0.25) is 0 Å². The van der Waals surface area contributed by atoms with Gasteiger partial charge in [-0.05, 0) is 55.7 Å². The third-order valence-corrected chi connectivity index (χ3v) is 5.75. The molecule has 2 aromatic heterocycles. The Bertz CT molecular complexity index is 1050. The molecule has 1 N–H and O–H groups in total. The van der Waals surface area contributed by atoms with Crippen LogP contribution in [0.3, 0.4) is 0 Å². The van der Waals surface area contributed by atoms with Crippen LogP contribution < -0.4 is 0 Å². The van der Waals surface area contributed by atoms with Gasteiger partial charge in [0.25, 0.3) is 0 Å². The SMILES string of the molecule is C[C@H](c1ccc(-c2c(O)ccc3ncc4sccc4c23)cc1)N(C)C. The number of aromatic nitrogens is 1. The Balaban J connectivity index is 1.94. The van der Waals surface area contributed by atoms with E-state index in [1.807, 2.05) is 12.3 Å². The fraction of sp³-hybridized carbons (Fsp3) is 0.190. The zero-order valence-corrected chi connectivity index (χ0v) is 15.3. The van der Waals surface area contributed by atoms with Crippen molar-refractivity contribution in [2.75, 3.05) is 14.1 Å². The Morgan fingerprint density at radius 3 is 2.52 bits per heavy atom. The van der Waals surface area contributed by atoms with Crippen molar-refractivity contribution in [3.05, 3.63) is 59.6 Å². The summed E-state index contributed by atoms with van der Waals surface area (Å²) in [4.78, 5) is 6.75. The van der Waals surface area contributed by atoms with E-state index in [1.165, 1.54) is 5.56 Å². The van der Waals surface area contributed by atoms with Crippen LogP contribution in [0.1, 0.15) is 18.5 Å². The first kappa shape index (κ1) is 16.1. The lowest BCUT2D eigenvalue weighted by Crippen LogP contribution is -2.16. The summed E-state index contributed by atoms with van der Waals surface area (Å²) < 4.78 is 1.14. The first-order chi connectivity index (χ1) is 12.1. The van der Waals surface area contributed by atoms with Gasteiger partial charge in [0.05, 0.1) is 10.2 Å². The van der Waals surface area contributed by atoms with Gasteiger partial charge >= 0.3 is 0 Å². The highest BCUT2D eigenvalue weighted by molar-refractivity contribution is 7.17. The standard InChI is InChI=1S/C21H20N2OS/c1-13(23(2)3)14-4-6-15(7-5-14)20-18(24)9-8-17-21(20)16-10-11-25-19(16)12-22-17/h4-13,24H,1-3H3/t13-/m1/s1. The minimum absolute atomic E-state index is 0.293. The fourth-order valence-electron chi connectivity index (χ4n) is 3.24. The number of phenolic OH excluding ortho intramolecular Hbond substituents is 1. The Labute approximate surface area is 151 Å². The second-order valence-electron chi connectivity index (χ2n) is 6.57. The van der Waals surface area contributed by atoms with E-state index in [2.05, 4.69) is 66.6 Å². The van der Waals surface area contributed by atoms with Gasteiger partial charge in [0.15, 0.2) is 0 Å². The van der Waals surface area contributed by atoms with Crippen molar-refractivity contribution >= 4 is 32.3 Å². The first-order valence-electron chi connectivity index (χ1n) is 8.31. The quantitative estimate of drug-likeness (QED) is 0.535.